The third-order valence-corrected chi connectivity index (χ3v) is 7.65. The highest BCUT2D eigenvalue weighted by Gasteiger charge is 2.55. The van der Waals surface area contributed by atoms with Crippen LogP contribution in [0, 0.1) is 6.92 Å². The van der Waals surface area contributed by atoms with Gasteiger partial charge in [-0.15, -0.1) is 0 Å². The summed E-state index contributed by atoms with van der Waals surface area (Å²) in [6.07, 6.45) is 7.57. The van der Waals surface area contributed by atoms with Crippen molar-refractivity contribution in [1.82, 2.24) is 15.6 Å². The number of amides is 1. The Hall–Kier alpha value is -3.32. The fraction of sp³-hybridized carbons (Fsp3) is 0.385. The van der Waals surface area contributed by atoms with Crippen LogP contribution in [0.15, 0.2) is 76.0 Å². The van der Waals surface area contributed by atoms with Crippen molar-refractivity contribution >= 4 is 5.91 Å². The molecule has 0 bridgehead atoms. The van der Waals surface area contributed by atoms with Crippen LogP contribution in [0.3, 0.4) is 0 Å². The van der Waals surface area contributed by atoms with Gasteiger partial charge in [-0.25, -0.2) is 0 Å². The van der Waals surface area contributed by atoms with Crippen molar-refractivity contribution < 1.29 is 9.53 Å². The average Bonchev–Trinajstić information content (AvgIpc) is 3.47. The standard InChI is InChI=1S/C26H27N5O2/c1-3-26(18-6-4-5-17(11-18)19-7-9-27-13-16(19)2)20-14-28-31-23(20)29-21-12-25(8-10-33-15-25)30-24(32)22(21)26/h4-7,9,11,13-14,23,29H,3,8,10,12,15H2,1-2H3,(H,30,32)/t23?,25-,26+/m0/s1. The van der Waals surface area contributed by atoms with Gasteiger partial charge in [-0.3, -0.25) is 9.78 Å². The Morgan fingerprint density at radius 3 is 2.97 bits per heavy atom. The van der Waals surface area contributed by atoms with E-state index in [-0.39, 0.29) is 17.6 Å². The smallest absolute Gasteiger partial charge is 0.250 e. The van der Waals surface area contributed by atoms with Crippen molar-refractivity contribution in [2.75, 3.05) is 13.2 Å². The molecule has 1 spiro atoms. The maximum Gasteiger partial charge on any atom is 0.250 e. The number of carbonyl (C=O) groups is 1. The second kappa shape index (κ2) is 7.35. The van der Waals surface area contributed by atoms with Crippen LogP contribution in [0.5, 0.6) is 0 Å². The van der Waals surface area contributed by atoms with Crippen molar-refractivity contribution in [3.8, 4) is 11.1 Å². The van der Waals surface area contributed by atoms with Gasteiger partial charge in [0.2, 0.25) is 0 Å². The Balaban J connectivity index is 1.55. The van der Waals surface area contributed by atoms with Crippen molar-refractivity contribution in [2.45, 2.75) is 50.2 Å². The van der Waals surface area contributed by atoms with Gasteiger partial charge in [-0.1, -0.05) is 25.1 Å². The molecule has 4 aliphatic heterocycles. The molecule has 0 aliphatic carbocycles. The molecule has 1 unspecified atom stereocenters. The Morgan fingerprint density at radius 1 is 1.27 bits per heavy atom. The third-order valence-electron chi connectivity index (χ3n) is 7.65. The number of aromatic nitrogens is 1. The number of benzene rings is 1. The molecule has 0 radical (unpaired) electrons. The Bertz CT molecular complexity index is 1240. The Morgan fingerprint density at radius 2 is 2.18 bits per heavy atom. The number of pyridine rings is 1. The van der Waals surface area contributed by atoms with Crippen molar-refractivity contribution in [1.29, 1.82) is 0 Å². The molecule has 2 N–H and O–H groups in total. The summed E-state index contributed by atoms with van der Waals surface area (Å²) in [6.45, 7) is 5.43. The molecule has 1 amide bonds. The molecule has 1 saturated heterocycles. The lowest BCUT2D eigenvalue weighted by molar-refractivity contribution is -0.121. The number of aryl methyl sites for hydroxylation is 1. The van der Waals surface area contributed by atoms with E-state index < -0.39 is 5.41 Å². The van der Waals surface area contributed by atoms with E-state index in [1.54, 1.807) is 0 Å². The lowest BCUT2D eigenvalue weighted by Gasteiger charge is -2.48. The fourth-order valence-electron chi connectivity index (χ4n) is 6.03. The normalized spacial score (nSPS) is 30.1. The summed E-state index contributed by atoms with van der Waals surface area (Å²) >= 11 is 0. The first-order valence-corrected chi connectivity index (χ1v) is 11.6. The monoisotopic (exact) mass is 441 g/mol. The molecule has 1 aromatic heterocycles. The number of fused-ring (bicyclic) bond motifs is 1. The minimum absolute atomic E-state index is 0.0205. The van der Waals surface area contributed by atoms with Gasteiger partial charge in [0.1, 0.15) is 0 Å². The molecule has 168 valence electrons. The summed E-state index contributed by atoms with van der Waals surface area (Å²) in [7, 11) is 0. The molecule has 7 heteroatoms. The van der Waals surface area contributed by atoms with Gasteiger partial charge in [-0.05, 0) is 54.2 Å². The lowest BCUT2D eigenvalue weighted by atomic mass is 9.61. The molecule has 33 heavy (non-hydrogen) atoms. The van der Waals surface area contributed by atoms with Crippen LogP contribution < -0.4 is 10.6 Å². The Labute approximate surface area is 193 Å². The summed E-state index contributed by atoms with van der Waals surface area (Å²) in [6, 6.07) is 10.6. The van der Waals surface area contributed by atoms with Crippen molar-refractivity contribution in [3.05, 3.63) is 76.9 Å². The molecule has 2 aromatic rings. The second-order valence-electron chi connectivity index (χ2n) is 9.46. The fourth-order valence-corrected chi connectivity index (χ4v) is 6.03. The first kappa shape index (κ1) is 20.3. The minimum Gasteiger partial charge on any atom is -0.379 e. The molecule has 1 fully saturated rings. The number of nitrogens with zero attached hydrogens (tertiary/aromatic N) is 3. The first-order valence-electron chi connectivity index (χ1n) is 11.6. The summed E-state index contributed by atoms with van der Waals surface area (Å²) < 4.78 is 5.67. The van der Waals surface area contributed by atoms with Gasteiger partial charge < -0.3 is 15.4 Å². The zero-order chi connectivity index (χ0) is 22.6. The molecule has 6 rings (SSSR count). The van der Waals surface area contributed by atoms with E-state index in [0.717, 1.165) is 58.4 Å². The van der Waals surface area contributed by atoms with E-state index in [2.05, 4.69) is 64.0 Å². The third kappa shape index (κ3) is 2.92. The predicted molar refractivity (Wildman–Crippen MR) is 124 cm³/mol. The van der Waals surface area contributed by atoms with E-state index in [1.807, 2.05) is 24.7 Å². The molecular weight excluding hydrogens is 414 g/mol. The highest BCUT2D eigenvalue weighted by molar-refractivity contribution is 6.00. The largest absolute Gasteiger partial charge is 0.379 e. The molecule has 1 aromatic carbocycles. The predicted octanol–water partition coefficient (Wildman–Crippen LogP) is 3.92. The van der Waals surface area contributed by atoms with Crippen LogP contribution >= 0.6 is 0 Å². The van der Waals surface area contributed by atoms with Gasteiger partial charge in [0.15, 0.2) is 6.17 Å². The topological polar surface area (TPSA) is 88.0 Å². The van der Waals surface area contributed by atoms with Gasteiger partial charge in [-0.2, -0.15) is 10.2 Å². The second-order valence-corrected chi connectivity index (χ2v) is 9.46. The van der Waals surface area contributed by atoms with E-state index in [9.17, 15) is 4.79 Å². The van der Waals surface area contributed by atoms with E-state index in [0.29, 0.717) is 13.2 Å². The highest BCUT2D eigenvalue weighted by Crippen LogP contribution is 2.52. The van der Waals surface area contributed by atoms with Gasteiger partial charge in [0, 0.05) is 36.7 Å². The number of ether oxygens (including phenoxy) is 1. The molecule has 5 heterocycles. The zero-order valence-corrected chi connectivity index (χ0v) is 18.9. The van der Waals surface area contributed by atoms with E-state index in [1.165, 1.54) is 0 Å². The SMILES string of the molecule is CC[C@@]1(c2cccc(-c3ccncc3C)c2)C2=CN=NC2NC2=C1C(=O)N[C@@]1(CCOC1)C2. The minimum atomic E-state index is -0.600. The van der Waals surface area contributed by atoms with Gasteiger partial charge >= 0.3 is 0 Å². The molecule has 3 atom stereocenters. The summed E-state index contributed by atoms with van der Waals surface area (Å²) in [5.41, 5.74) is 6.31. The number of nitrogens with one attached hydrogen (secondary N) is 2. The highest BCUT2D eigenvalue weighted by atomic mass is 16.5. The van der Waals surface area contributed by atoms with Gasteiger partial charge in [0.25, 0.3) is 5.91 Å². The van der Waals surface area contributed by atoms with Crippen LogP contribution in [0.25, 0.3) is 11.1 Å². The van der Waals surface area contributed by atoms with Crippen LogP contribution in [0.1, 0.15) is 37.3 Å². The van der Waals surface area contributed by atoms with Crippen LogP contribution in [0.4, 0.5) is 0 Å². The zero-order valence-electron chi connectivity index (χ0n) is 18.9. The number of hydrogen-bond acceptors (Lipinski definition) is 6. The number of hydrogen-bond donors (Lipinski definition) is 2. The maximum atomic E-state index is 13.8. The number of azo groups is 1. The van der Waals surface area contributed by atoms with Crippen LogP contribution in [0.2, 0.25) is 0 Å². The van der Waals surface area contributed by atoms with E-state index >= 15 is 0 Å². The number of carbonyl (C=O) groups excluding carboxylic acids is 1. The molecule has 4 aliphatic rings. The molecule has 7 nitrogen and oxygen atoms in total. The first-order chi connectivity index (χ1) is 16.1. The van der Waals surface area contributed by atoms with Gasteiger partial charge in [0.05, 0.1) is 29.3 Å². The average molecular weight is 442 g/mol. The Kier molecular flexibility index (Phi) is 4.52. The van der Waals surface area contributed by atoms with Crippen LogP contribution in [-0.2, 0) is 14.9 Å². The molecule has 0 saturated carbocycles. The summed E-state index contributed by atoms with van der Waals surface area (Å²) in [5, 5.41) is 15.6. The summed E-state index contributed by atoms with van der Waals surface area (Å²) in [5.74, 6) is -0.0205. The maximum absolute atomic E-state index is 13.8. The summed E-state index contributed by atoms with van der Waals surface area (Å²) in [4.78, 5) is 18.0. The molecular formula is C26H27N5O2. The van der Waals surface area contributed by atoms with Crippen LogP contribution in [-0.4, -0.2) is 35.8 Å². The quantitative estimate of drug-likeness (QED) is 0.756. The number of rotatable bonds is 3. The lowest BCUT2D eigenvalue weighted by Crippen LogP contribution is -2.60. The van der Waals surface area contributed by atoms with E-state index in [4.69, 9.17) is 4.74 Å². The van der Waals surface area contributed by atoms with Crippen molar-refractivity contribution in [3.63, 3.8) is 0 Å². The van der Waals surface area contributed by atoms with Crippen molar-refractivity contribution in [2.24, 2.45) is 10.2 Å².